The first-order valence-electron chi connectivity index (χ1n) is 5.98. The van der Waals surface area contributed by atoms with Gasteiger partial charge in [-0.1, -0.05) is 32.9 Å². The zero-order chi connectivity index (χ0) is 12.1. The molecule has 1 aromatic rings. The molecule has 0 aliphatic carbocycles. The van der Waals surface area contributed by atoms with Crippen LogP contribution < -0.4 is 0 Å². The monoisotopic (exact) mass is 226 g/mol. The molecule has 1 aromatic heterocycles. The van der Waals surface area contributed by atoms with Crippen molar-refractivity contribution in [3.05, 3.63) is 11.7 Å². The second-order valence-electron chi connectivity index (χ2n) is 5.05. The number of aliphatic hydroxyl groups is 1. The predicted octanol–water partition coefficient (Wildman–Crippen LogP) is 2.22. The summed E-state index contributed by atoms with van der Waals surface area (Å²) < 4.78 is 5.10. The Morgan fingerprint density at radius 1 is 1.25 bits per heavy atom. The Morgan fingerprint density at radius 2 is 1.94 bits per heavy atom. The normalized spacial score (nSPS) is 13.7. The molecule has 1 rings (SSSR count). The molecule has 1 heterocycles. The summed E-state index contributed by atoms with van der Waals surface area (Å²) >= 11 is 0. The topological polar surface area (TPSA) is 59.2 Å². The maximum atomic E-state index is 9.68. The van der Waals surface area contributed by atoms with Gasteiger partial charge in [-0.05, 0) is 18.3 Å². The highest BCUT2D eigenvalue weighted by Gasteiger charge is 2.15. The first-order valence-corrected chi connectivity index (χ1v) is 5.98. The molecule has 16 heavy (non-hydrogen) atoms. The van der Waals surface area contributed by atoms with Crippen LogP contribution in [0.25, 0.3) is 0 Å². The van der Waals surface area contributed by atoms with Gasteiger partial charge in [-0.15, -0.1) is 0 Å². The molecule has 0 amide bonds. The third-order valence-corrected chi connectivity index (χ3v) is 2.61. The van der Waals surface area contributed by atoms with Gasteiger partial charge in [0.05, 0.1) is 12.5 Å². The number of hydrogen-bond acceptors (Lipinski definition) is 4. The molecule has 4 nitrogen and oxygen atoms in total. The van der Waals surface area contributed by atoms with Crippen molar-refractivity contribution in [3.63, 3.8) is 0 Å². The van der Waals surface area contributed by atoms with Crippen LogP contribution in [-0.4, -0.2) is 21.4 Å². The van der Waals surface area contributed by atoms with E-state index in [9.17, 15) is 5.11 Å². The molecule has 0 spiro atoms. The molecule has 0 aliphatic heterocycles. The highest BCUT2D eigenvalue weighted by Crippen LogP contribution is 2.10. The molecule has 0 aromatic carbocycles. The minimum Gasteiger partial charge on any atom is -0.392 e. The zero-order valence-corrected chi connectivity index (χ0v) is 10.6. The van der Waals surface area contributed by atoms with E-state index < -0.39 is 6.10 Å². The maximum Gasteiger partial charge on any atom is 0.229 e. The van der Waals surface area contributed by atoms with Crippen LogP contribution in [0, 0.1) is 11.8 Å². The van der Waals surface area contributed by atoms with Crippen molar-refractivity contribution in [1.82, 2.24) is 10.1 Å². The molecule has 1 unspecified atom stereocenters. The van der Waals surface area contributed by atoms with Gasteiger partial charge in [-0.3, -0.25) is 0 Å². The fourth-order valence-electron chi connectivity index (χ4n) is 1.31. The molecule has 4 heteroatoms. The summed E-state index contributed by atoms with van der Waals surface area (Å²) in [6.07, 6.45) is 1.95. The average molecular weight is 226 g/mol. The Morgan fingerprint density at radius 3 is 2.50 bits per heavy atom. The highest BCUT2D eigenvalue weighted by molar-refractivity contribution is 4.89. The number of aliphatic hydroxyl groups excluding tert-OH is 1. The SMILES string of the molecule is CC(C)CCc1noc(CC(O)C(C)C)n1. The summed E-state index contributed by atoms with van der Waals surface area (Å²) in [6, 6.07) is 0. The molecular weight excluding hydrogens is 204 g/mol. The maximum absolute atomic E-state index is 9.68. The Labute approximate surface area is 97.1 Å². The van der Waals surface area contributed by atoms with Crippen LogP contribution in [0.3, 0.4) is 0 Å². The van der Waals surface area contributed by atoms with Crippen LogP contribution in [0.15, 0.2) is 4.52 Å². The Kier molecular flexibility index (Phi) is 4.93. The quantitative estimate of drug-likeness (QED) is 0.808. The summed E-state index contributed by atoms with van der Waals surface area (Å²) in [5.41, 5.74) is 0. The summed E-state index contributed by atoms with van der Waals surface area (Å²) in [4.78, 5) is 4.27. The second-order valence-corrected chi connectivity index (χ2v) is 5.05. The van der Waals surface area contributed by atoms with Gasteiger partial charge in [0.2, 0.25) is 5.89 Å². The van der Waals surface area contributed by atoms with E-state index >= 15 is 0 Å². The van der Waals surface area contributed by atoms with Crippen molar-refractivity contribution < 1.29 is 9.63 Å². The van der Waals surface area contributed by atoms with Crippen molar-refractivity contribution in [2.24, 2.45) is 11.8 Å². The fourth-order valence-corrected chi connectivity index (χ4v) is 1.31. The van der Waals surface area contributed by atoms with Gasteiger partial charge in [-0.2, -0.15) is 4.98 Å². The van der Waals surface area contributed by atoms with E-state index in [-0.39, 0.29) is 5.92 Å². The third kappa shape index (κ3) is 4.31. The first kappa shape index (κ1) is 13.2. The smallest absolute Gasteiger partial charge is 0.229 e. The largest absolute Gasteiger partial charge is 0.392 e. The summed E-state index contributed by atoms with van der Waals surface area (Å²) in [5, 5.41) is 13.6. The molecule has 0 radical (unpaired) electrons. The third-order valence-electron chi connectivity index (χ3n) is 2.61. The fraction of sp³-hybridized carbons (Fsp3) is 0.833. The lowest BCUT2D eigenvalue weighted by Gasteiger charge is -2.10. The van der Waals surface area contributed by atoms with Gasteiger partial charge >= 0.3 is 0 Å². The summed E-state index contributed by atoms with van der Waals surface area (Å²) in [6.45, 7) is 8.29. The average Bonchev–Trinajstić information content (AvgIpc) is 2.62. The van der Waals surface area contributed by atoms with Crippen LogP contribution in [0.5, 0.6) is 0 Å². The van der Waals surface area contributed by atoms with Crippen molar-refractivity contribution in [2.75, 3.05) is 0 Å². The van der Waals surface area contributed by atoms with Crippen molar-refractivity contribution in [1.29, 1.82) is 0 Å². The van der Waals surface area contributed by atoms with Crippen LogP contribution in [0.4, 0.5) is 0 Å². The predicted molar refractivity (Wildman–Crippen MR) is 62.0 cm³/mol. The van der Waals surface area contributed by atoms with Gasteiger partial charge in [-0.25, -0.2) is 0 Å². The van der Waals surface area contributed by atoms with Crippen LogP contribution in [-0.2, 0) is 12.8 Å². The van der Waals surface area contributed by atoms with Gasteiger partial charge in [0.1, 0.15) is 0 Å². The number of aryl methyl sites for hydroxylation is 1. The van der Waals surface area contributed by atoms with Gasteiger partial charge in [0, 0.05) is 6.42 Å². The van der Waals surface area contributed by atoms with Crippen molar-refractivity contribution in [2.45, 2.75) is 53.1 Å². The number of rotatable bonds is 6. The number of nitrogens with zero attached hydrogens (tertiary/aromatic N) is 2. The molecule has 0 saturated carbocycles. The molecule has 0 saturated heterocycles. The molecule has 1 N–H and O–H groups in total. The minimum absolute atomic E-state index is 0.214. The zero-order valence-electron chi connectivity index (χ0n) is 10.6. The lowest BCUT2D eigenvalue weighted by molar-refractivity contribution is 0.116. The lowest BCUT2D eigenvalue weighted by Crippen LogP contribution is -2.17. The Hall–Kier alpha value is -0.900. The second kappa shape index (κ2) is 5.99. The van der Waals surface area contributed by atoms with E-state index in [0.29, 0.717) is 18.2 Å². The first-order chi connectivity index (χ1) is 7.49. The summed E-state index contributed by atoms with van der Waals surface area (Å²) in [5.74, 6) is 2.15. The van der Waals surface area contributed by atoms with E-state index in [2.05, 4.69) is 24.0 Å². The van der Waals surface area contributed by atoms with E-state index in [0.717, 1.165) is 18.7 Å². The van der Waals surface area contributed by atoms with E-state index in [1.54, 1.807) is 0 Å². The number of aromatic nitrogens is 2. The van der Waals surface area contributed by atoms with Crippen molar-refractivity contribution in [3.8, 4) is 0 Å². The minimum atomic E-state index is -0.404. The van der Waals surface area contributed by atoms with Crippen LogP contribution in [0.1, 0.15) is 45.8 Å². The van der Waals surface area contributed by atoms with Crippen LogP contribution >= 0.6 is 0 Å². The van der Waals surface area contributed by atoms with Crippen molar-refractivity contribution >= 4 is 0 Å². The Bertz CT molecular complexity index is 308. The molecule has 0 aliphatic rings. The molecule has 92 valence electrons. The van der Waals surface area contributed by atoms with Gasteiger partial charge in [0.15, 0.2) is 5.82 Å². The summed E-state index contributed by atoms with van der Waals surface area (Å²) in [7, 11) is 0. The molecule has 0 fully saturated rings. The highest BCUT2D eigenvalue weighted by atomic mass is 16.5. The van der Waals surface area contributed by atoms with E-state index in [4.69, 9.17) is 4.52 Å². The Balaban J connectivity index is 2.45. The van der Waals surface area contributed by atoms with Crippen LogP contribution in [0.2, 0.25) is 0 Å². The van der Waals surface area contributed by atoms with E-state index in [1.165, 1.54) is 0 Å². The molecular formula is C12H22N2O2. The molecule has 0 bridgehead atoms. The standard InChI is InChI=1S/C12H22N2O2/c1-8(2)5-6-11-13-12(16-14-11)7-10(15)9(3)4/h8-10,15H,5-7H2,1-4H3. The van der Waals surface area contributed by atoms with Gasteiger partial charge in [0.25, 0.3) is 0 Å². The van der Waals surface area contributed by atoms with Gasteiger partial charge < -0.3 is 9.63 Å². The lowest BCUT2D eigenvalue weighted by atomic mass is 10.0. The molecule has 1 atom stereocenters. The number of hydrogen-bond donors (Lipinski definition) is 1. The van der Waals surface area contributed by atoms with E-state index in [1.807, 2.05) is 13.8 Å².